The van der Waals surface area contributed by atoms with Gasteiger partial charge >= 0.3 is 0 Å². The zero-order valence-electron chi connectivity index (χ0n) is 19.4. The minimum Gasteiger partial charge on any atom is -0.505 e. The summed E-state index contributed by atoms with van der Waals surface area (Å²) in [4.78, 5) is 0. The monoisotopic (exact) mass is 475 g/mol. The Kier molecular flexibility index (Phi) is 6.72. The van der Waals surface area contributed by atoms with Gasteiger partial charge in [0.1, 0.15) is 11.4 Å². The molecule has 174 valence electrons. The largest absolute Gasteiger partial charge is 0.505 e. The number of azo groups is 1. The molecule has 4 aromatic carbocycles. The smallest absolute Gasteiger partial charge is 0.154 e. The number of fused-ring (bicyclic) bond motifs is 1. The number of benzene rings is 4. The number of phenolic OH excluding ortho intramolecular Hbond substituents is 1. The van der Waals surface area contributed by atoms with E-state index in [1.165, 1.54) is 7.11 Å². The van der Waals surface area contributed by atoms with Gasteiger partial charge in [-0.05, 0) is 56.0 Å². The molecule has 0 aliphatic carbocycles. The van der Waals surface area contributed by atoms with Crippen molar-refractivity contribution in [2.24, 2.45) is 10.2 Å². The van der Waals surface area contributed by atoms with Gasteiger partial charge in [0.05, 0.1) is 18.5 Å². The van der Waals surface area contributed by atoms with Crippen LogP contribution in [0.3, 0.4) is 0 Å². The van der Waals surface area contributed by atoms with E-state index in [0.29, 0.717) is 22.1 Å². The number of anilines is 1. The van der Waals surface area contributed by atoms with Crippen molar-refractivity contribution in [3.63, 3.8) is 0 Å². The molecule has 6 nitrogen and oxygen atoms in total. The fourth-order valence-electron chi connectivity index (χ4n) is 3.86. The first-order valence-electron chi connectivity index (χ1n) is 10.8. The zero-order valence-corrected chi connectivity index (χ0v) is 20.2. The number of aromatic hydroxyl groups is 1. The maximum atomic E-state index is 11.2. The Balaban J connectivity index is 1.80. The second-order valence-corrected chi connectivity index (χ2v) is 8.71. The molecule has 0 saturated heterocycles. The van der Waals surface area contributed by atoms with Crippen LogP contribution in [-0.4, -0.2) is 17.3 Å². The molecule has 0 amide bonds. The molecule has 0 aliphatic rings. The van der Waals surface area contributed by atoms with E-state index in [-0.39, 0.29) is 17.0 Å². The van der Waals surface area contributed by atoms with Crippen LogP contribution in [0.4, 0.5) is 17.1 Å². The van der Waals surface area contributed by atoms with E-state index >= 15 is 0 Å². The average molecular weight is 476 g/mol. The number of aliphatic hydroxyl groups excluding tert-OH is 1. The standard InChI is InChI=1S/C27H26ClN3O3/c1-15-6-9-22(17(3)11-15)30-31-25-20-8-5-16(2)12-18(20)13-21(26(25)32)27(33)29-23-10-7-19(28)14-24(23)34-4/h5-14,27,29,32-33H,1-4H3. The van der Waals surface area contributed by atoms with Gasteiger partial charge in [0.2, 0.25) is 0 Å². The summed E-state index contributed by atoms with van der Waals surface area (Å²) in [5.74, 6) is 0.315. The molecule has 0 spiro atoms. The van der Waals surface area contributed by atoms with Crippen molar-refractivity contribution in [1.29, 1.82) is 0 Å². The van der Waals surface area contributed by atoms with E-state index in [1.807, 2.05) is 57.2 Å². The van der Waals surface area contributed by atoms with E-state index in [4.69, 9.17) is 16.3 Å². The molecule has 0 heterocycles. The third-order valence-corrected chi connectivity index (χ3v) is 5.87. The van der Waals surface area contributed by atoms with Crippen LogP contribution in [0, 0.1) is 20.8 Å². The van der Waals surface area contributed by atoms with E-state index < -0.39 is 6.23 Å². The Morgan fingerprint density at radius 1 is 0.912 bits per heavy atom. The minimum absolute atomic E-state index is 0.155. The Hall–Kier alpha value is -3.61. The van der Waals surface area contributed by atoms with Crippen LogP contribution in [0.25, 0.3) is 10.8 Å². The van der Waals surface area contributed by atoms with Gasteiger partial charge in [-0.2, -0.15) is 5.11 Å². The first-order chi connectivity index (χ1) is 16.3. The zero-order chi connectivity index (χ0) is 24.4. The van der Waals surface area contributed by atoms with Crippen molar-refractivity contribution >= 4 is 39.4 Å². The summed E-state index contributed by atoms with van der Waals surface area (Å²) in [5, 5.41) is 36.0. The summed E-state index contributed by atoms with van der Waals surface area (Å²) >= 11 is 6.05. The quantitative estimate of drug-likeness (QED) is 0.197. The summed E-state index contributed by atoms with van der Waals surface area (Å²) in [6.45, 7) is 5.96. The molecule has 0 saturated carbocycles. The number of phenols is 1. The Labute approximate surface area is 203 Å². The third-order valence-electron chi connectivity index (χ3n) is 5.63. The molecule has 3 N–H and O–H groups in total. The highest BCUT2D eigenvalue weighted by molar-refractivity contribution is 6.30. The second kappa shape index (κ2) is 9.71. The first-order valence-corrected chi connectivity index (χ1v) is 11.2. The highest BCUT2D eigenvalue weighted by Crippen LogP contribution is 2.43. The SMILES string of the molecule is COc1cc(Cl)ccc1NC(O)c1cc2cc(C)ccc2c(N=Nc2ccc(C)cc2C)c1O. The summed E-state index contributed by atoms with van der Waals surface area (Å²) in [6, 6.07) is 18.5. The lowest BCUT2D eigenvalue weighted by Crippen LogP contribution is -2.11. The van der Waals surface area contributed by atoms with Crippen molar-refractivity contribution in [1.82, 2.24) is 0 Å². The lowest BCUT2D eigenvalue weighted by atomic mass is 10.0. The van der Waals surface area contributed by atoms with E-state index in [1.54, 1.807) is 24.3 Å². The maximum absolute atomic E-state index is 11.2. The van der Waals surface area contributed by atoms with Crippen molar-refractivity contribution in [2.45, 2.75) is 27.0 Å². The summed E-state index contributed by atoms with van der Waals surface area (Å²) in [6.07, 6.45) is -1.24. The van der Waals surface area contributed by atoms with Gasteiger partial charge in [-0.1, -0.05) is 53.1 Å². The second-order valence-electron chi connectivity index (χ2n) is 8.27. The number of nitrogens with one attached hydrogen (secondary N) is 1. The van der Waals surface area contributed by atoms with Crippen molar-refractivity contribution < 1.29 is 14.9 Å². The normalized spacial score (nSPS) is 12.3. The van der Waals surface area contributed by atoms with Gasteiger partial charge in [-0.3, -0.25) is 0 Å². The summed E-state index contributed by atoms with van der Waals surface area (Å²) < 4.78 is 5.36. The third kappa shape index (κ3) is 4.83. The van der Waals surface area contributed by atoms with E-state index in [2.05, 4.69) is 15.5 Å². The van der Waals surface area contributed by atoms with Crippen LogP contribution in [-0.2, 0) is 0 Å². The van der Waals surface area contributed by atoms with Gasteiger partial charge < -0.3 is 20.3 Å². The van der Waals surface area contributed by atoms with Crippen LogP contribution in [0.1, 0.15) is 28.5 Å². The number of aryl methyl sites for hydroxylation is 3. The Bertz CT molecular complexity index is 1400. The molecule has 0 radical (unpaired) electrons. The molecule has 0 aliphatic heterocycles. The lowest BCUT2D eigenvalue weighted by Gasteiger charge is -2.19. The van der Waals surface area contributed by atoms with Crippen LogP contribution >= 0.6 is 11.6 Å². The number of nitrogens with zero attached hydrogens (tertiary/aromatic N) is 2. The van der Waals surface area contributed by atoms with Crippen molar-refractivity contribution in [2.75, 3.05) is 12.4 Å². The maximum Gasteiger partial charge on any atom is 0.154 e. The van der Waals surface area contributed by atoms with Crippen LogP contribution in [0.2, 0.25) is 5.02 Å². The highest BCUT2D eigenvalue weighted by atomic mass is 35.5. The minimum atomic E-state index is -1.24. The molecule has 1 unspecified atom stereocenters. The Morgan fingerprint density at radius 2 is 1.65 bits per heavy atom. The van der Waals surface area contributed by atoms with E-state index in [0.717, 1.165) is 27.5 Å². The lowest BCUT2D eigenvalue weighted by molar-refractivity contribution is 0.203. The molecule has 0 fully saturated rings. The first kappa shape index (κ1) is 23.5. The van der Waals surface area contributed by atoms with Gasteiger partial charge in [0.25, 0.3) is 0 Å². The summed E-state index contributed by atoms with van der Waals surface area (Å²) in [5.41, 5.74) is 4.95. The van der Waals surface area contributed by atoms with Crippen LogP contribution in [0.5, 0.6) is 11.5 Å². The predicted molar refractivity (Wildman–Crippen MR) is 137 cm³/mol. The van der Waals surface area contributed by atoms with Gasteiger partial charge in [-0.15, -0.1) is 5.11 Å². The number of rotatable bonds is 6. The molecule has 0 bridgehead atoms. The van der Waals surface area contributed by atoms with Crippen LogP contribution < -0.4 is 10.1 Å². The molecule has 0 aromatic heterocycles. The molecular weight excluding hydrogens is 450 g/mol. The highest BCUT2D eigenvalue weighted by Gasteiger charge is 2.20. The number of ether oxygens (including phenoxy) is 1. The van der Waals surface area contributed by atoms with E-state index in [9.17, 15) is 10.2 Å². The summed E-state index contributed by atoms with van der Waals surface area (Å²) in [7, 11) is 1.52. The van der Waals surface area contributed by atoms with Crippen molar-refractivity contribution in [3.8, 4) is 11.5 Å². The molecule has 4 aromatic rings. The molecule has 34 heavy (non-hydrogen) atoms. The van der Waals surface area contributed by atoms with Crippen molar-refractivity contribution in [3.05, 3.63) is 87.9 Å². The van der Waals surface area contributed by atoms with Gasteiger partial charge in [0.15, 0.2) is 12.0 Å². The van der Waals surface area contributed by atoms with Gasteiger partial charge in [-0.25, -0.2) is 0 Å². The molecule has 1 atom stereocenters. The molecular formula is C27H26ClN3O3. The number of hydrogen-bond acceptors (Lipinski definition) is 6. The van der Waals surface area contributed by atoms with Gasteiger partial charge in [0, 0.05) is 22.0 Å². The fourth-order valence-corrected chi connectivity index (χ4v) is 4.02. The fraction of sp³-hybridized carbons (Fsp3) is 0.185. The Morgan fingerprint density at radius 3 is 2.38 bits per heavy atom. The number of halogens is 1. The topological polar surface area (TPSA) is 86.4 Å². The molecule has 4 rings (SSSR count). The number of methoxy groups -OCH3 is 1. The predicted octanol–water partition coefficient (Wildman–Crippen LogP) is 7.65. The van der Waals surface area contributed by atoms with Crippen LogP contribution in [0.15, 0.2) is 70.9 Å². The average Bonchev–Trinajstić information content (AvgIpc) is 2.80. The number of aliphatic hydroxyl groups is 1. The molecule has 7 heteroatoms. The number of hydrogen-bond donors (Lipinski definition) is 3.